The van der Waals surface area contributed by atoms with Crippen molar-refractivity contribution in [1.29, 1.82) is 0 Å². The van der Waals surface area contributed by atoms with Gasteiger partial charge in [0.1, 0.15) is 10.9 Å². The second-order valence-electron chi connectivity index (χ2n) is 8.64. The zero-order valence-corrected chi connectivity index (χ0v) is 19.6. The lowest BCUT2D eigenvalue weighted by molar-refractivity contribution is -0.121. The Labute approximate surface area is 194 Å². The number of aromatic nitrogens is 3. The summed E-state index contributed by atoms with van der Waals surface area (Å²) >= 11 is 1.58. The number of hydrogen-bond donors (Lipinski definition) is 1. The lowest BCUT2D eigenvalue weighted by atomic mass is 9.89. The zero-order chi connectivity index (χ0) is 23.3. The molecule has 1 aromatic carbocycles. The van der Waals surface area contributed by atoms with Crippen molar-refractivity contribution in [2.75, 3.05) is 0 Å². The molecule has 0 unspecified atom stereocenters. The first-order valence-corrected chi connectivity index (χ1v) is 12.0. The van der Waals surface area contributed by atoms with Crippen LogP contribution in [0.15, 0.2) is 45.6 Å². The molecule has 0 fully saturated rings. The van der Waals surface area contributed by atoms with Gasteiger partial charge in [0.2, 0.25) is 5.88 Å². The number of aryl methyl sites for hydroxylation is 2. The molecule has 5 rings (SSSR count). The van der Waals surface area contributed by atoms with Crippen molar-refractivity contribution in [3.63, 3.8) is 0 Å². The number of azo groups is 1. The second kappa shape index (κ2) is 8.22. The maximum Gasteiger partial charge on any atom is 0.287 e. The number of aromatic hydroxyl groups is 1. The molecule has 1 amide bonds. The number of para-hydroxylation sites is 1. The van der Waals surface area contributed by atoms with E-state index in [1.807, 2.05) is 31.2 Å². The molecule has 3 heterocycles. The Hall–Kier alpha value is -3.33. The molecular weight excluding hydrogens is 438 g/mol. The number of thiophene rings is 1. The van der Waals surface area contributed by atoms with Crippen molar-refractivity contribution >= 4 is 44.1 Å². The van der Waals surface area contributed by atoms with Gasteiger partial charge >= 0.3 is 0 Å². The topological polar surface area (TPSA) is 102 Å². The summed E-state index contributed by atoms with van der Waals surface area (Å²) in [4.78, 5) is 32.6. The lowest BCUT2D eigenvalue weighted by Crippen LogP contribution is -2.28. The lowest BCUT2D eigenvalue weighted by Gasteiger charge is -2.17. The van der Waals surface area contributed by atoms with Gasteiger partial charge in [0.25, 0.3) is 11.5 Å². The predicted octanol–water partition coefficient (Wildman–Crippen LogP) is 5.13. The second-order valence-corrected chi connectivity index (χ2v) is 9.72. The number of rotatable bonds is 4. The van der Waals surface area contributed by atoms with E-state index in [9.17, 15) is 14.7 Å². The first kappa shape index (κ1) is 21.5. The van der Waals surface area contributed by atoms with Gasteiger partial charge in [-0.05, 0) is 50.7 Å². The summed E-state index contributed by atoms with van der Waals surface area (Å²) in [7, 11) is 0. The van der Waals surface area contributed by atoms with Gasteiger partial charge in [-0.1, -0.05) is 25.1 Å². The van der Waals surface area contributed by atoms with E-state index in [0.29, 0.717) is 23.2 Å². The number of fused-ring (bicyclic) bond motifs is 4. The fourth-order valence-corrected chi connectivity index (χ4v) is 5.95. The number of nitrogens with zero attached hydrogens (tertiary/aromatic N) is 5. The van der Waals surface area contributed by atoms with Gasteiger partial charge in [-0.3, -0.25) is 14.2 Å². The van der Waals surface area contributed by atoms with Crippen LogP contribution < -0.4 is 5.56 Å². The van der Waals surface area contributed by atoms with E-state index in [4.69, 9.17) is 0 Å². The average molecular weight is 464 g/mol. The van der Waals surface area contributed by atoms with Crippen LogP contribution in [0.4, 0.5) is 5.69 Å². The molecule has 1 aliphatic rings. The quantitative estimate of drug-likeness (QED) is 0.424. The van der Waals surface area contributed by atoms with E-state index in [-0.39, 0.29) is 17.1 Å². The Morgan fingerprint density at radius 1 is 1.36 bits per heavy atom. The highest BCUT2D eigenvalue weighted by atomic mass is 32.1. The third kappa shape index (κ3) is 3.47. The molecule has 33 heavy (non-hydrogen) atoms. The molecule has 0 bridgehead atoms. The van der Waals surface area contributed by atoms with Crippen molar-refractivity contribution < 1.29 is 9.90 Å². The van der Waals surface area contributed by atoms with E-state index in [1.54, 1.807) is 22.8 Å². The molecule has 170 valence electrons. The fraction of sp³-hybridized carbons (Fsp3) is 0.375. The molecule has 0 spiro atoms. The van der Waals surface area contributed by atoms with E-state index in [1.165, 1.54) is 15.8 Å². The van der Waals surface area contributed by atoms with Crippen LogP contribution in [0, 0.1) is 5.92 Å². The number of carbonyl (C=O) groups is 1. The maximum absolute atomic E-state index is 13.3. The van der Waals surface area contributed by atoms with Gasteiger partial charge < -0.3 is 9.67 Å². The van der Waals surface area contributed by atoms with Gasteiger partial charge in [0, 0.05) is 16.8 Å². The number of carbonyl (C=O) groups excluding carboxylic acids is 1. The van der Waals surface area contributed by atoms with Crippen LogP contribution >= 0.6 is 11.3 Å². The molecule has 1 aliphatic carbocycles. The van der Waals surface area contributed by atoms with Crippen molar-refractivity contribution in [2.24, 2.45) is 16.1 Å². The number of hydrogen-bond acceptors (Lipinski definition) is 6. The Morgan fingerprint density at radius 3 is 2.94 bits per heavy atom. The smallest absolute Gasteiger partial charge is 0.287 e. The minimum atomic E-state index is -0.863. The number of benzene rings is 1. The predicted molar refractivity (Wildman–Crippen MR) is 129 cm³/mol. The van der Waals surface area contributed by atoms with Crippen LogP contribution in [0.25, 0.3) is 21.1 Å². The van der Waals surface area contributed by atoms with E-state index in [2.05, 4.69) is 22.1 Å². The van der Waals surface area contributed by atoms with Gasteiger partial charge in [-0.2, -0.15) is 0 Å². The SMILES string of the molecule is CCn1c(O)c(N=NC(=O)[C@@H](C)n2cnc3sc4c(c3c2=O)CC[C@@H](C)C4)c2ccccc21. The largest absolute Gasteiger partial charge is 0.493 e. The van der Waals surface area contributed by atoms with Crippen LogP contribution in [0.5, 0.6) is 5.88 Å². The third-order valence-electron chi connectivity index (χ3n) is 6.50. The van der Waals surface area contributed by atoms with Crippen LogP contribution in [0.1, 0.15) is 43.7 Å². The molecule has 0 radical (unpaired) electrons. The molecule has 9 heteroatoms. The molecule has 1 N–H and O–H groups in total. The van der Waals surface area contributed by atoms with Crippen LogP contribution in [0.3, 0.4) is 0 Å². The average Bonchev–Trinajstić information content (AvgIpc) is 3.31. The summed E-state index contributed by atoms with van der Waals surface area (Å²) in [6, 6.07) is 6.56. The van der Waals surface area contributed by atoms with E-state index >= 15 is 0 Å². The maximum atomic E-state index is 13.3. The summed E-state index contributed by atoms with van der Waals surface area (Å²) in [6.45, 7) is 6.31. The van der Waals surface area contributed by atoms with Gasteiger partial charge in [-0.15, -0.1) is 21.6 Å². The summed E-state index contributed by atoms with van der Waals surface area (Å²) in [5.41, 5.74) is 1.93. The van der Waals surface area contributed by atoms with Crippen LogP contribution in [0.2, 0.25) is 0 Å². The molecule has 0 aliphatic heterocycles. The molecule has 2 atom stereocenters. The Bertz CT molecular complexity index is 1480. The minimum absolute atomic E-state index is 0.0396. The highest BCUT2D eigenvalue weighted by Crippen LogP contribution is 2.39. The fourth-order valence-electron chi connectivity index (χ4n) is 4.61. The number of amides is 1. The third-order valence-corrected chi connectivity index (χ3v) is 7.66. The molecule has 0 saturated carbocycles. The molecule has 0 saturated heterocycles. The van der Waals surface area contributed by atoms with E-state index < -0.39 is 11.9 Å². The molecule has 8 nitrogen and oxygen atoms in total. The Balaban J connectivity index is 1.49. The monoisotopic (exact) mass is 463 g/mol. The Morgan fingerprint density at radius 2 is 2.15 bits per heavy atom. The normalized spacial score (nSPS) is 17.1. The first-order chi connectivity index (χ1) is 15.9. The van der Waals surface area contributed by atoms with Crippen LogP contribution in [-0.4, -0.2) is 25.1 Å². The highest BCUT2D eigenvalue weighted by Gasteiger charge is 2.25. The van der Waals surface area contributed by atoms with Gasteiger partial charge in [-0.25, -0.2) is 4.98 Å². The first-order valence-electron chi connectivity index (χ1n) is 11.2. The van der Waals surface area contributed by atoms with Gasteiger partial charge in [0.05, 0.1) is 17.2 Å². The molecular formula is C24H25N5O3S. The minimum Gasteiger partial charge on any atom is -0.493 e. The van der Waals surface area contributed by atoms with Crippen molar-refractivity contribution in [2.45, 2.75) is 52.6 Å². The van der Waals surface area contributed by atoms with Crippen molar-refractivity contribution in [1.82, 2.24) is 14.1 Å². The van der Waals surface area contributed by atoms with Crippen LogP contribution in [-0.2, 0) is 24.2 Å². The molecule has 3 aromatic heterocycles. The summed E-state index contributed by atoms with van der Waals surface area (Å²) in [6.07, 6.45) is 4.30. The summed E-state index contributed by atoms with van der Waals surface area (Å²) < 4.78 is 3.05. The standard InChI is InChI=1S/C24H25N5O3S/c1-4-28-17-8-6-5-7-15(17)20(24(28)32)26-27-21(30)14(3)29-12-25-22-19(23(29)31)16-10-9-13(2)11-18(16)33-22/h5-8,12-14,32H,4,9-11H2,1-3H3/t13-,14-/m1/s1. The van der Waals surface area contributed by atoms with Crippen molar-refractivity contribution in [3.05, 3.63) is 51.4 Å². The van der Waals surface area contributed by atoms with Crippen molar-refractivity contribution in [3.8, 4) is 5.88 Å². The van der Waals surface area contributed by atoms with Gasteiger partial charge in [0.15, 0.2) is 5.69 Å². The summed E-state index contributed by atoms with van der Waals surface area (Å²) in [5.74, 6) is -0.0187. The highest BCUT2D eigenvalue weighted by molar-refractivity contribution is 7.18. The summed E-state index contributed by atoms with van der Waals surface area (Å²) in [5, 5.41) is 19.9. The zero-order valence-electron chi connectivity index (χ0n) is 18.8. The Kier molecular flexibility index (Phi) is 5.36. The molecule has 4 aromatic rings. The van der Waals surface area contributed by atoms with E-state index in [0.717, 1.165) is 35.2 Å².